The van der Waals surface area contributed by atoms with Gasteiger partial charge < -0.3 is 9.31 Å². The first kappa shape index (κ1) is 17.3. The molecule has 3 rings (SSSR count). The molecule has 23 heavy (non-hydrogen) atoms. The number of benzene rings is 1. The van der Waals surface area contributed by atoms with Crippen LogP contribution in [0.4, 0.5) is 0 Å². The van der Waals surface area contributed by atoms with Crippen LogP contribution in [0.15, 0.2) is 30.3 Å². The monoisotopic (exact) mass is 330 g/mol. The van der Waals surface area contributed by atoms with Crippen LogP contribution in [0.5, 0.6) is 0 Å². The second kappa shape index (κ2) is 5.75. The van der Waals surface area contributed by atoms with Crippen molar-refractivity contribution in [1.29, 1.82) is 0 Å². The van der Waals surface area contributed by atoms with E-state index in [4.69, 9.17) is 9.31 Å². The van der Waals surface area contributed by atoms with Crippen LogP contribution in [-0.2, 0) is 15.4 Å². The maximum absolute atomic E-state index is 6.34. The highest BCUT2D eigenvalue weighted by Crippen LogP contribution is 2.56. The molecule has 0 bridgehead atoms. The van der Waals surface area contributed by atoms with Crippen LogP contribution in [0.25, 0.3) is 0 Å². The third kappa shape index (κ3) is 3.18. The fraction of sp³-hybridized carbons (Fsp3) is 0.684. The highest BCUT2D eigenvalue weighted by atomic mass is 28.3. The van der Waals surface area contributed by atoms with Gasteiger partial charge in [-0.15, -0.1) is 0 Å². The molecule has 0 aromatic heterocycles. The zero-order chi connectivity index (χ0) is 16.9. The van der Waals surface area contributed by atoms with Gasteiger partial charge >= 0.3 is 7.12 Å². The van der Waals surface area contributed by atoms with Crippen molar-refractivity contribution in [2.75, 3.05) is 0 Å². The third-order valence-corrected chi connectivity index (χ3v) is 10.5. The Morgan fingerprint density at radius 2 is 1.57 bits per heavy atom. The summed E-state index contributed by atoms with van der Waals surface area (Å²) >= 11 is 0. The Morgan fingerprint density at radius 3 is 2.04 bits per heavy atom. The van der Waals surface area contributed by atoms with Crippen molar-refractivity contribution in [1.82, 2.24) is 0 Å². The van der Waals surface area contributed by atoms with Gasteiger partial charge in [0.15, 0.2) is 0 Å². The van der Waals surface area contributed by atoms with Crippen molar-refractivity contribution >= 4 is 15.2 Å². The summed E-state index contributed by atoms with van der Waals surface area (Å²) < 4.78 is 12.7. The van der Waals surface area contributed by atoms with Crippen LogP contribution in [0.2, 0.25) is 24.5 Å². The first-order valence-corrected chi connectivity index (χ1v) is 12.3. The van der Waals surface area contributed by atoms with E-state index < -0.39 is 8.07 Å². The molecule has 1 aromatic carbocycles. The lowest BCUT2D eigenvalue weighted by atomic mass is 9.60. The molecule has 4 heteroatoms. The summed E-state index contributed by atoms with van der Waals surface area (Å²) in [6.07, 6.45) is 2.60. The minimum absolute atomic E-state index is 0.0127. The molecule has 0 amide bonds. The zero-order valence-electron chi connectivity index (χ0n) is 15.6. The quantitative estimate of drug-likeness (QED) is 0.715. The van der Waals surface area contributed by atoms with E-state index in [-0.39, 0.29) is 18.3 Å². The Morgan fingerprint density at radius 1 is 1.00 bits per heavy atom. The molecule has 1 heterocycles. The molecule has 126 valence electrons. The van der Waals surface area contributed by atoms with Gasteiger partial charge in [-0.2, -0.15) is 0 Å². The average Bonchev–Trinajstić information content (AvgIpc) is 2.56. The van der Waals surface area contributed by atoms with Crippen molar-refractivity contribution in [3.8, 4) is 0 Å². The summed E-state index contributed by atoms with van der Waals surface area (Å²) in [6.45, 7) is 13.7. The SMILES string of the molecule is CC1(C)OB([C@@H]2CCC2[Si](C)(C)Cc2ccccc2)OC1(C)C. The molecular weight excluding hydrogens is 299 g/mol. The zero-order valence-corrected chi connectivity index (χ0v) is 16.6. The summed E-state index contributed by atoms with van der Waals surface area (Å²) in [5, 5.41) is 0. The van der Waals surface area contributed by atoms with Crippen LogP contribution < -0.4 is 0 Å². The van der Waals surface area contributed by atoms with Gasteiger partial charge in [0, 0.05) is 0 Å². The minimum atomic E-state index is -1.34. The highest BCUT2D eigenvalue weighted by Gasteiger charge is 2.58. The van der Waals surface area contributed by atoms with Crippen LogP contribution >= 0.6 is 0 Å². The first-order chi connectivity index (χ1) is 10.6. The van der Waals surface area contributed by atoms with Crippen molar-refractivity contribution in [2.24, 2.45) is 0 Å². The second-order valence-corrected chi connectivity index (χ2v) is 14.2. The third-order valence-electron chi connectivity index (χ3n) is 6.46. The lowest BCUT2D eigenvalue weighted by Gasteiger charge is -2.46. The fourth-order valence-electron chi connectivity index (χ4n) is 4.14. The van der Waals surface area contributed by atoms with Gasteiger partial charge in [-0.1, -0.05) is 61.8 Å². The van der Waals surface area contributed by atoms with E-state index in [1.165, 1.54) is 24.4 Å². The molecule has 1 aliphatic carbocycles. The number of rotatable bonds is 4. The molecule has 2 aliphatic rings. The van der Waals surface area contributed by atoms with Crippen molar-refractivity contribution in [3.63, 3.8) is 0 Å². The molecule has 1 saturated heterocycles. The van der Waals surface area contributed by atoms with Gasteiger partial charge in [0.25, 0.3) is 0 Å². The van der Waals surface area contributed by atoms with Crippen molar-refractivity contribution in [3.05, 3.63) is 35.9 Å². The molecule has 1 aromatic rings. The Balaban J connectivity index is 1.70. The fourth-order valence-corrected chi connectivity index (χ4v) is 8.12. The predicted molar refractivity (Wildman–Crippen MR) is 100 cm³/mol. The highest BCUT2D eigenvalue weighted by molar-refractivity contribution is 6.79. The van der Waals surface area contributed by atoms with E-state index in [1.807, 2.05) is 0 Å². The first-order valence-electron chi connectivity index (χ1n) is 9.02. The number of hydrogen-bond acceptors (Lipinski definition) is 2. The van der Waals surface area contributed by atoms with Gasteiger partial charge in [0.1, 0.15) is 0 Å². The summed E-state index contributed by atoms with van der Waals surface area (Å²) in [4.78, 5) is 0. The predicted octanol–water partition coefficient (Wildman–Crippen LogP) is 5.10. The minimum Gasteiger partial charge on any atom is -0.403 e. The van der Waals surface area contributed by atoms with Gasteiger partial charge in [-0.3, -0.25) is 0 Å². The average molecular weight is 330 g/mol. The van der Waals surface area contributed by atoms with Crippen molar-refractivity contribution < 1.29 is 9.31 Å². The Hall–Kier alpha value is -0.578. The molecule has 2 fully saturated rings. The molecule has 0 N–H and O–H groups in total. The Bertz CT molecular complexity index is 540. The second-order valence-electron chi connectivity index (χ2n) is 9.12. The number of hydrogen-bond donors (Lipinski definition) is 0. The molecule has 1 saturated carbocycles. The van der Waals surface area contributed by atoms with E-state index in [9.17, 15) is 0 Å². The maximum Gasteiger partial charge on any atom is 0.461 e. The van der Waals surface area contributed by atoms with E-state index in [0.29, 0.717) is 5.82 Å². The van der Waals surface area contributed by atoms with E-state index in [2.05, 4.69) is 71.1 Å². The van der Waals surface area contributed by atoms with E-state index in [1.54, 1.807) is 0 Å². The van der Waals surface area contributed by atoms with Crippen LogP contribution in [-0.4, -0.2) is 26.4 Å². The molecule has 1 unspecified atom stereocenters. The van der Waals surface area contributed by atoms with Gasteiger partial charge in [-0.05, 0) is 45.1 Å². The molecular formula is C19H31BO2Si. The summed E-state index contributed by atoms with van der Waals surface area (Å²) in [6, 6.07) is 12.2. The smallest absolute Gasteiger partial charge is 0.403 e. The lowest BCUT2D eigenvalue weighted by Crippen LogP contribution is -2.47. The van der Waals surface area contributed by atoms with Crippen LogP contribution in [0.3, 0.4) is 0 Å². The van der Waals surface area contributed by atoms with Crippen molar-refractivity contribution in [2.45, 2.75) is 82.2 Å². The largest absolute Gasteiger partial charge is 0.461 e. The molecule has 0 spiro atoms. The molecule has 0 radical (unpaired) electrons. The van der Waals surface area contributed by atoms with Crippen LogP contribution in [0, 0.1) is 0 Å². The summed E-state index contributed by atoms with van der Waals surface area (Å²) in [5.41, 5.74) is 1.88. The summed E-state index contributed by atoms with van der Waals surface area (Å²) in [5.74, 6) is 0.585. The van der Waals surface area contributed by atoms with Crippen LogP contribution in [0.1, 0.15) is 46.1 Å². The molecule has 1 aliphatic heterocycles. The van der Waals surface area contributed by atoms with Gasteiger partial charge in [-0.25, -0.2) is 0 Å². The molecule has 2 nitrogen and oxygen atoms in total. The normalized spacial score (nSPS) is 29.4. The lowest BCUT2D eigenvalue weighted by molar-refractivity contribution is 0.00578. The van der Waals surface area contributed by atoms with Gasteiger partial charge in [0.2, 0.25) is 0 Å². The summed E-state index contributed by atoms with van der Waals surface area (Å²) in [7, 11) is -1.36. The van der Waals surface area contributed by atoms with E-state index in [0.717, 1.165) is 5.54 Å². The maximum atomic E-state index is 6.34. The molecule has 2 atom stereocenters. The van der Waals surface area contributed by atoms with Gasteiger partial charge in [0.05, 0.1) is 19.3 Å². The Labute approximate surface area is 143 Å². The standard InChI is InChI=1S/C19H31BO2Si/c1-18(2)19(3,4)22-20(21-18)16-12-13-17(16)23(5,6)14-15-10-8-7-9-11-15/h7-11,16-17H,12-14H2,1-6H3/t16-,17?/m1/s1. The van der Waals surface area contributed by atoms with E-state index >= 15 is 0 Å². The topological polar surface area (TPSA) is 18.5 Å². The Kier molecular flexibility index (Phi) is 4.31.